The van der Waals surface area contributed by atoms with Gasteiger partial charge in [0.1, 0.15) is 22.8 Å². The number of anilines is 1. The fourth-order valence-electron chi connectivity index (χ4n) is 3.76. The number of nitrogens with one attached hydrogen (secondary N) is 1. The second kappa shape index (κ2) is 9.17. The van der Waals surface area contributed by atoms with Crippen LogP contribution in [0, 0.1) is 29.9 Å². The van der Waals surface area contributed by atoms with Gasteiger partial charge in [-0.3, -0.25) is 0 Å². The van der Waals surface area contributed by atoms with E-state index >= 15 is 4.39 Å². The predicted molar refractivity (Wildman–Crippen MR) is 131 cm³/mol. The van der Waals surface area contributed by atoms with Gasteiger partial charge in [0.05, 0.1) is 34.1 Å². The number of hydrogen-bond donors (Lipinski definition) is 2. The molecule has 35 heavy (non-hydrogen) atoms. The zero-order chi connectivity index (χ0) is 25.5. The highest BCUT2D eigenvalue weighted by Crippen LogP contribution is 2.38. The summed E-state index contributed by atoms with van der Waals surface area (Å²) in [5.74, 6) is -0.816. The molecule has 0 saturated carbocycles. The molecule has 2 aromatic heterocycles. The summed E-state index contributed by atoms with van der Waals surface area (Å²) in [7, 11) is 0. The van der Waals surface area contributed by atoms with E-state index in [9.17, 15) is 14.8 Å². The van der Waals surface area contributed by atoms with Crippen molar-refractivity contribution < 1.29 is 13.9 Å². The van der Waals surface area contributed by atoms with E-state index in [2.05, 4.69) is 20.3 Å². The molecule has 0 bridgehead atoms. The summed E-state index contributed by atoms with van der Waals surface area (Å²) in [6, 6.07) is 8.54. The number of halogens is 3. The summed E-state index contributed by atoms with van der Waals surface area (Å²) < 4.78 is 29.7. The lowest BCUT2D eigenvalue weighted by molar-refractivity contribution is 0.0687. The van der Waals surface area contributed by atoms with E-state index in [1.807, 2.05) is 6.07 Å². The summed E-state index contributed by atoms with van der Waals surface area (Å²) >= 11 is 6.58. The van der Waals surface area contributed by atoms with Gasteiger partial charge in [-0.15, -0.1) is 0 Å². The summed E-state index contributed by atoms with van der Waals surface area (Å²) in [5.41, 5.74) is 1.28. The van der Waals surface area contributed by atoms with E-state index in [4.69, 9.17) is 11.6 Å². The van der Waals surface area contributed by atoms with E-state index in [0.29, 0.717) is 33.5 Å². The highest BCUT2D eigenvalue weighted by Gasteiger charge is 2.21. The van der Waals surface area contributed by atoms with Crippen molar-refractivity contribution in [2.45, 2.75) is 39.3 Å². The van der Waals surface area contributed by atoms with Crippen molar-refractivity contribution in [1.82, 2.24) is 15.0 Å². The third-order valence-corrected chi connectivity index (χ3v) is 6.10. The van der Waals surface area contributed by atoms with Crippen LogP contribution in [0.25, 0.3) is 22.0 Å². The average molecular weight is 494 g/mol. The predicted octanol–water partition coefficient (Wildman–Crippen LogP) is 6.20. The Morgan fingerprint density at radius 3 is 2.40 bits per heavy atom. The van der Waals surface area contributed by atoms with Gasteiger partial charge in [-0.2, -0.15) is 5.26 Å². The molecule has 6 nitrogen and oxygen atoms in total. The molecule has 0 radical (unpaired) electrons. The van der Waals surface area contributed by atoms with Crippen LogP contribution >= 0.6 is 11.6 Å². The van der Waals surface area contributed by atoms with Crippen LogP contribution in [0.2, 0.25) is 5.02 Å². The molecule has 0 spiro atoms. The number of nitriles is 1. The fourth-order valence-corrected chi connectivity index (χ4v) is 3.96. The number of benzene rings is 2. The molecule has 0 aliphatic heterocycles. The number of hydrogen-bond acceptors (Lipinski definition) is 6. The maximum Gasteiger partial charge on any atom is 0.159 e. The molecule has 0 aliphatic rings. The molecule has 2 N–H and O–H groups in total. The Labute approximate surface area is 206 Å². The minimum Gasteiger partial charge on any atom is -0.382 e. The second-order valence-electron chi connectivity index (χ2n) is 8.81. The molecule has 178 valence electrons. The van der Waals surface area contributed by atoms with Gasteiger partial charge in [0.15, 0.2) is 5.82 Å². The molecule has 0 aliphatic carbocycles. The van der Waals surface area contributed by atoms with Crippen LogP contribution in [-0.4, -0.2) is 20.1 Å². The van der Waals surface area contributed by atoms with Crippen LogP contribution in [-0.2, 0) is 5.60 Å². The van der Waals surface area contributed by atoms with Crippen molar-refractivity contribution in [2.24, 2.45) is 0 Å². The first-order valence-electron chi connectivity index (χ1n) is 10.8. The van der Waals surface area contributed by atoms with Crippen LogP contribution < -0.4 is 5.32 Å². The quantitative estimate of drug-likeness (QED) is 0.343. The molecule has 2 heterocycles. The lowest BCUT2D eigenvalue weighted by Crippen LogP contribution is -2.19. The zero-order valence-corrected chi connectivity index (χ0v) is 20.2. The minimum atomic E-state index is -1.21. The van der Waals surface area contributed by atoms with Crippen molar-refractivity contribution in [3.63, 3.8) is 0 Å². The van der Waals surface area contributed by atoms with Gasteiger partial charge in [0.2, 0.25) is 0 Å². The van der Waals surface area contributed by atoms with Gasteiger partial charge in [0.25, 0.3) is 0 Å². The Morgan fingerprint density at radius 2 is 1.77 bits per heavy atom. The summed E-state index contributed by atoms with van der Waals surface area (Å²) in [6.07, 6.45) is 3.01. The van der Waals surface area contributed by atoms with Crippen molar-refractivity contribution >= 4 is 28.2 Å². The lowest BCUT2D eigenvalue weighted by Gasteiger charge is -2.21. The van der Waals surface area contributed by atoms with E-state index < -0.39 is 23.3 Å². The number of rotatable bonds is 5. The van der Waals surface area contributed by atoms with E-state index in [1.54, 1.807) is 33.8 Å². The van der Waals surface area contributed by atoms with Crippen LogP contribution in [0.3, 0.4) is 0 Å². The van der Waals surface area contributed by atoms with Crippen LogP contribution in [0.15, 0.2) is 42.7 Å². The van der Waals surface area contributed by atoms with Gasteiger partial charge < -0.3 is 10.4 Å². The van der Waals surface area contributed by atoms with Crippen molar-refractivity contribution in [3.8, 4) is 17.2 Å². The number of aromatic nitrogens is 3. The maximum absolute atomic E-state index is 15.2. The molecule has 9 heteroatoms. The van der Waals surface area contributed by atoms with Crippen molar-refractivity contribution in [1.29, 1.82) is 5.26 Å². The SMILES string of the molecule is Cc1nc2c(F)cc(-c3cnc(C(C)(C)O)nc3)cc2c(N[C@H](C)c2cc(C#N)ccc2F)c1Cl. The lowest BCUT2D eigenvalue weighted by atomic mass is 10.0. The first kappa shape index (κ1) is 24.5. The van der Waals surface area contributed by atoms with Crippen LogP contribution in [0.4, 0.5) is 14.5 Å². The van der Waals surface area contributed by atoms with E-state index in [-0.39, 0.29) is 21.9 Å². The van der Waals surface area contributed by atoms with Gasteiger partial charge in [-0.25, -0.2) is 23.7 Å². The van der Waals surface area contributed by atoms with E-state index in [1.165, 1.54) is 36.7 Å². The Morgan fingerprint density at radius 1 is 1.09 bits per heavy atom. The third kappa shape index (κ3) is 4.78. The molecule has 4 aromatic rings. The standard InChI is InChI=1S/C26H22ClF2N5O/c1-13(18-7-15(10-30)5-6-20(18)28)33-24-19-8-16(9-21(29)23(19)34-14(2)22(24)27)17-11-31-25(32-12-17)26(3,4)35/h5-9,11-13,35H,1-4H3,(H,33,34)/t13-/m1/s1. The molecule has 0 amide bonds. The number of aryl methyl sites for hydroxylation is 1. The third-order valence-electron chi connectivity index (χ3n) is 5.63. The van der Waals surface area contributed by atoms with Gasteiger partial charge in [-0.1, -0.05) is 11.6 Å². The Balaban J connectivity index is 1.84. The Hall–Kier alpha value is -3.67. The fraction of sp³-hybridized carbons (Fsp3) is 0.231. The normalized spacial score (nSPS) is 12.4. The van der Waals surface area contributed by atoms with Crippen molar-refractivity contribution in [2.75, 3.05) is 5.32 Å². The molecule has 0 unspecified atom stereocenters. The molecule has 1 atom stereocenters. The first-order valence-corrected chi connectivity index (χ1v) is 11.2. The molecular formula is C26H22ClF2N5O. The smallest absolute Gasteiger partial charge is 0.159 e. The summed E-state index contributed by atoms with van der Waals surface area (Å²) in [5, 5.41) is 23.1. The second-order valence-corrected chi connectivity index (χ2v) is 9.19. The summed E-state index contributed by atoms with van der Waals surface area (Å²) in [6.45, 7) is 6.52. The van der Waals surface area contributed by atoms with Gasteiger partial charge >= 0.3 is 0 Å². The molecule has 0 fully saturated rings. The number of fused-ring (bicyclic) bond motifs is 1. The van der Waals surface area contributed by atoms with Gasteiger partial charge in [-0.05, 0) is 63.6 Å². The zero-order valence-electron chi connectivity index (χ0n) is 19.5. The largest absolute Gasteiger partial charge is 0.382 e. The van der Waals surface area contributed by atoms with E-state index in [0.717, 1.165) is 0 Å². The molecule has 2 aromatic carbocycles. The maximum atomic E-state index is 15.2. The van der Waals surface area contributed by atoms with Crippen LogP contribution in [0.5, 0.6) is 0 Å². The van der Waals surface area contributed by atoms with Gasteiger partial charge in [0, 0.05) is 28.9 Å². The molecule has 4 rings (SSSR count). The molecule has 0 saturated heterocycles. The number of nitrogens with zero attached hydrogens (tertiary/aromatic N) is 4. The number of aliphatic hydroxyl groups is 1. The number of pyridine rings is 1. The molecular weight excluding hydrogens is 472 g/mol. The van der Waals surface area contributed by atoms with Crippen molar-refractivity contribution in [3.05, 3.63) is 82.0 Å². The first-order chi connectivity index (χ1) is 16.5. The Kier molecular flexibility index (Phi) is 6.41. The highest BCUT2D eigenvalue weighted by atomic mass is 35.5. The Bertz CT molecular complexity index is 1480. The topological polar surface area (TPSA) is 94.7 Å². The average Bonchev–Trinajstić information content (AvgIpc) is 2.82. The summed E-state index contributed by atoms with van der Waals surface area (Å²) in [4.78, 5) is 12.7. The van der Waals surface area contributed by atoms with Crippen LogP contribution in [0.1, 0.15) is 49.5 Å². The monoisotopic (exact) mass is 493 g/mol. The minimum absolute atomic E-state index is 0.102. The highest BCUT2D eigenvalue weighted by molar-refractivity contribution is 6.35.